The molecule has 1 fully saturated rings. The number of fused-ring (bicyclic) bond motifs is 1. The Kier molecular flexibility index (Phi) is 2.70. The molecule has 1 aromatic heterocycles. The second-order valence-corrected chi connectivity index (χ2v) is 4.79. The highest BCUT2D eigenvalue weighted by molar-refractivity contribution is 5.78. The summed E-state index contributed by atoms with van der Waals surface area (Å²) >= 11 is 0. The zero-order chi connectivity index (χ0) is 12.7. The van der Waals surface area contributed by atoms with Crippen LogP contribution in [0.25, 0.3) is 11.0 Å². The summed E-state index contributed by atoms with van der Waals surface area (Å²) in [5, 5.41) is 19.0. The minimum atomic E-state index is -0.662. The van der Waals surface area contributed by atoms with Gasteiger partial charge in [-0.2, -0.15) is 0 Å². The average Bonchev–Trinajstić information content (AvgIpc) is 2.82. The zero-order valence-corrected chi connectivity index (χ0v) is 9.87. The van der Waals surface area contributed by atoms with Crippen LogP contribution in [0.15, 0.2) is 18.2 Å². The largest absolute Gasteiger partial charge is 0.399 e. The van der Waals surface area contributed by atoms with Crippen LogP contribution in [0.2, 0.25) is 0 Å². The smallest absolute Gasteiger partial charge is 0.121 e. The van der Waals surface area contributed by atoms with Crippen LogP contribution in [-0.4, -0.2) is 50.4 Å². The lowest BCUT2D eigenvalue weighted by molar-refractivity contribution is 0.0572. The number of hydrogen-bond donors (Lipinski definition) is 4. The lowest BCUT2D eigenvalue weighted by atomic mass is 10.3. The van der Waals surface area contributed by atoms with Crippen molar-refractivity contribution in [2.24, 2.45) is 0 Å². The summed E-state index contributed by atoms with van der Waals surface area (Å²) in [6.07, 6.45) is -1.32. The quantitative estimate of drug-likeness (QED) is 0.546. The van der Waals surface area contributed by atoms with Gasteiger partial charge < -0.3 is 20.9 Å². The minimum absolute atomic E-state index is 0.473. The molecule has 0 aliphatic carbocycles. The highest BCUT2D eigenvalue weighted by Gasteiger charge is 2.29. The molecule has 2 unspecified atom stereocenters. The molecule has 6 nitrogen and oxygen atoms in total. The Morgan fingerprint density at radius 3 is 2.78 bits per heavy atom. The fraction of sp³-hybridized carbons (Fsp3) is 0.417. The summed E-state index contributed by atoms with van der Waals surface area (Å²) < 4.78 is 0. The fourth-order valence-electron chi connectivity index (χ4n) is 2.34. The van der Waals surface area contributed by atoms with Gasteiger partial charge >= 0.3 is 0 Å². The summed E-state index contributed by atoms with van der Waals surface area (Å²) in [5.74, 6) is 0.817. The number of nitrogen functional groups attached to an aromatic ring is 1. The lowest BCUT2D eigenvalue weighted by Crippen LogP contribution is -2.22. The molecule has 3 rings (SSSR count). The van der Waals surface area contributed by atoms with Gasteiger partial charge in [-0.15, -0.1) is 0 Å². The number of aromatic amines is 1. The number of likely N-dealkylation sites (tertiary alicyclic amines) is 1. The highest BCUT2D eigenvalue weighted by atomic mass is 16.3. The number of anilines is 1. The first kappa shape index (κ1) is 11.5. The second kappa shape index (κ2) is 4.24. The SMILES string of the molecule is Nc1ccc2nc(CN3CC(O)C(O)C3)[nH]c2c1. The number of nitrogens with one attached hydrogen (secondary N) is 1. The number of aromatic nitrogens is 2. The molecule has 18 heavy (non-hydrogen) atoms. The van der Waals surface area contributed by atoms with Gasteiger partial charge in [-0.25, -0.2) is 4.98 Å². The van der Waals surface area contributed by atoms with Crippen LogP contribution in [0.4, 0.5) is 5.69 Å². The van der Waals surface area contributed by atoms with Crippen LogP contribution in [0.3, 0.4) is 0 Å². The van der Waals surface area contributed by atoms with E-state index in [1.54, 1.807) is 0 Å². The Hall–Kier alpha value is -1.63. The number of benzene rings is 1. The van der Waals surface area contributed by atoms with E-state index < -0.39 is 12.2 Å². The molecule has 5 N–H and O–H groups in total. The van der Waals surface area contributed by atoms with Crippen molar-refractivity contribution >= 4 is 16.7 Å². The predicted octanol–water partition coefficient (Wildman–Crippen LogP) is -0.318. The van der Waals surface area contributed by atoms with Crippen molar-refractivity contribution in [3.63, 3.8) is 0 Å². The second-order valence-electron chi connectivity index (χ2n) is 4.79. The van der Waals surface area contributed by atoms with E-state index in [0.29, 0.717) is 25.3 Å². The molecule has 2 heterocycles. The number of aliphatic hydroxyl groups excluding tert-OH is 2. The van der Waals surface area contributed by atoms with Gasteiger partial charge in [0.2, 0.25) is 0 Å². The van der Waals surface area contributed by atoms with Crippen molar-refractivity contribution in [3.8, 4) is 0 Å². The van der Waals surface area contributed by atoms with Gasteiger partial charge in [0.1, 0.15) is 5.82 Å². The van der Waals surface area contributed by atoms with E-state index in [1.807, 2.05) is 23.1 Å². The Labute approximate surface area is 104 Å². The summed E-state index contributed by atoms with van der Waals surface area (Å²) in [4.78, 5) is 9.62. The van der Waals surface area contributed by atoms with E-state index >= 15 is 0 Å². The molecule has 0 radical (unpaired) electrons. The number of imidazole rings is 1. The van der Waals surface area contributed by atoms with Gasteiger partial charge in [0.25, 0.3) is 0 Å². The summed E-state index contributed by atoms with van der Waals surface area (Å²) in [6, 6.07) is 5.54. The monoisotopic (exact) mass is 248 g/mol. The molecular formula is C12H16N4O2. The predicted molar refractivity (Wildman–Crippen MR) is 67.8 cm³/mol. The molecule has 1 saturated heterocycles. The average molecular weight is 248 g/mol. The number of nitrogens with two attached hydrogens (primary N) is 1. The number of rotatable bonds is 2. The van der Waals surface area contributed by atoms with Crippen LogP contribution in [-0.2, 0) is 6.54 Å². The number of β-amino-alcohol motifs (C(OH)–C–C–N with tert-alkyl or cyclic N) is 2. The van der Waals surface area contributed by atoms with Gasteiger partial charge in [-0.1, -0.05) is 0 Å². The van der Waals surface area contributed by atoms with E-state index in [2.05, 4.69) is 9.97 Å². The maximum atomic E-state index is 9.48. The molecule has 6 heteroatoms. The molecule has 0 spiro atoms. The Bertz CT molecular complexity index is 558. The topological polar surface area (TPSA) is 98.4 Å². The van der Waals surface area contributed by atoms with Gasteiger partial charge in [-0.3, -0.25) is 4.90 Å². The van der Waals surface area contributed by atoms with Crippen molar-refractivity contribution in [1.82, 2.24) is 14.9 Å². The maximum Gasteiger partial charge on any atom is 0.121 e. The van der Waals surface area contributed by atoms with E-state index in [1.165, 1.54) is 0 Å². The summed E-state index contributed by atoms with van der Waals surface area (Å²) in [6.45, 7) is 1.53. The normalized spacial score (nSPS) is 25.0. The lowest BCUT2D eigenvalue weighted by Gasteiger charge is -2.11. The molecule has 1 aliphatic heterocycles. The molecule has 1 aliphatic rings. The summed E-state index contributed by atoms with van der Waals surface area (Å²) in [5.41, 5.74) is 8.19. The molecule has 0 bridgehead atoms. The molecule has 96 valence electrons. The molecule has 0 amide bonds. The van der Waals surface area contributed by atoms with Crippen molar-refractivity contribution < 1.29 is 10.2 Å². The van der Waals surface area contributed by atoms with E-state index in [9.17, 15) is 10.2 Å². The van der Waals surface area contributed by atoms with Gasteiger partial charge in [0, 0.05) is 18.8 Å². The first-order valence-corrected chi connectivity index (χ1v) is 5.94. The fourth-order valence-corrected chi connectivity index (χ4v) is 2.34. The van der Waals surface area contributed by atoms with Crippen LogP contribution in [0.1, 0.15) is 5.82 Å². The highest BCUT2D eigenvalue weighted by Crippen LogP contribution is 2.17. The van der Waals surface area contributed by atoms with Crippen molar-refractivity contribution in [2.75, 3.05) is 18.8 Å². The Morgan fingerprint density at radius 1 is 1.33 bits per heavy atom. The molecule has 2 atom stereocenters. The third-order valence-corrected chi connectivity index (χ3v) is 3.26. The van der Waals surface area contributed by atoms with Crippen LogP contribution >= 0.6 is 0 Å². The maximum absolute atomic E-state index is 9.48. The molecule has 2 aromatic rings. The number of hydrogen-bond acceptors (Lipinski definition) is 5. The third kappa shape index (κ3) is 2.05. The molecule has 1 aromatic carbocycles. The standard InChI is InChI=1S/C12H16N4O2/c13-7-1-2-8-9(3-7)15-12(14-8)6-16-4-10(17)11(18)5-16/h1-3,10-11,17-18H,4-6,13H2,(H,14,15). The van der Waals surface area contributed by atoms with E-state index in [-0.39, 0.29) is 0 Å². The Morgan fingerprint density at radius 2 is 2.06 bits per heavy atom. The minimum Gasteiger partial charge on any atom is -0.399 e. The first-order valence-electron chi connectivity index (χ1n) is 5.94. The number of aliphatic hydroxyl groups is 2. The number of H-pyrrole nitrogens is 1. The molecule has 0 saturated carbocycles. The van der Waals surface area contributed by atoms with E-state index in [0.717, 1.165) is 16.9 Å². The number of nitrogens with zero attached hydrogens (tertiary/aromatic N) is 2. The summed E-state index contributed by atoms with van der Waals surface area (Å²) in [7, 11) is 0. The third-order valence-electron chi connectivity index (χ3n) is 3.26. The van der Waals surface area contributed by atoms with Gasteiger partial charge in [-0.05, 0) is 18.2 Å². The van der Waals surface area contributed by atoms with Crippen molar-refractivity contribution in [1.29, 1.82) is 0 Å². The van der Waals surface area contributed by atoms with Crippen LogP contribution in [0.5, 0.6) is 0 Å². The van der Waals surface area contributed by atoms with Gasteiger partial charge in [0.05, 0.1) is 29.8 Å². The zero-order valence-electron chi connectivity index (χ0n) is 9.87. The first-order chi connectivity index (χ1) is 8.61. The van der Waals surface area contributed by atoms with Crippen LogP contribution < -0.4 is 5.73 Å². The van der Waals surface area contributed by atoms with Gasteiger partial charge in [0.15, 0.2) is 0 Å². The van der Waals surface area contributed by atoms with E-state index in [4.69, 9.17) is 5.73 Å². The van der Waals surface area contributed by atoms with Crippen molar-refractivity contribution in [2.45, 2.75) is 18.8 Å². The Balaban J connectivity index is 1.79. The van der Waals surface area contributed by atoms with Crippen molar-refractivity contribution in [3.05, 3.63) is 24.0 Å². The van der Waals surface area contributed by atoms with Crippen LogP contribution in [0, 0.1) is 0 Å². The molecular weight excluding hydrogens is 232 g/mol.